The summed E-state index contributed by atoms with van der Waals surface area (Å²) < 4.78 is 13.7. The van der Waals surface area contributed by atoms with Crippen LogP contribution in [0.4, 0.5) is 10.1 Å². The lowest BCUT2D eigenvalue weighted by molar-refractivity contribution is -0.385. The molecule has 1 aromatic rings. The number of nitro groups is 1. The Morgan fingerprint density at radius 2 is 2.16 bits per heavy atom. The van der Waals surface area contributed by atoms with E-state index in [1.807, 2.05) is 4.90 Å². The van der Waals surface area contributed by atoms with Crippen molar-refractivity contribution in [3.63, 3.8) is 0 Å². The summed E-state index contributed by atoms with van der Waals surface area (Å²) in [6, 6.07) is 3.67. The quantitative estimate of drug-likeness (QED) is 0.581. The molecule has 0 bridgehead atoms. The summed E-state index contributed by atoms with van der Waals surface area (Å²) in [7, 11) is 0. The van der Waals surface area contributed by atoms with Crippen molar-refractivity contribution in [3.05, 3.63) is 39.7 Å². The summed E-state index contributed by atoms with van der Waals surface area (Å²) in [5.74, 6) is -0.575. The zero-order chi connectivity index (χ0) is 14.3. The number of aliphatic hydroxyl groups excluding tert-OH is 1. The van der Waals surface area contributed by atoms with Gasteiger partial charge in [-0.05, 0) is 19.0 Å². The van der Waals surface area contributed by atoms with Crippen LogP contribution < -0.4 is 0 Å². The number of benzene rings is 1. The molecule has 0 atom stereocenters. The second-order valence-corrected chi connectivity index (χ2v) is 4.39. The number of hydrogen-bond donors (Lipinski definition) is 1. The minimum atomic E-state index is -0.616. The minimum absolute atomic E-state index is 0.0122. The molecule has 0 saturated carbocycles. The summed E-state index contributed by atoms with van der Waals surface area (Å²) in [4.78, 5) is 11.8. The van der Waals surface area contributed by atoms with Gasteiger partial charge in [0.15, 0.2) is 0 Å². The fraction of sp³-hybridized carbons (Fsp3) is 0.538. The van der Waals surface area contributed by atoms with Gasteiger partial charge in [0.2, 0.25) is 0 Å². The molecule has 0 unspecified atom stereocenters. The minimum Gasteiger partial charge on any atom is -0.395 e. The molecular formula is C13H19FN2O3. The largest absolute Gasteiger partial charge is 0.395 e. The number of rotatable bonds is 8. The van der Waals surface area contributed by atoms with Crippen LogP contribution in [-0.2, 0) is 6.54 Å². The van der Waals surface area contributed by atoms with E-state index in [2.05, 4.69) is 6.92 Å². The van der Waals surface area contributed by atoms with E-state index in [0.29, 0.717) is 18.7 Å². The molecule has 1 N–H and O–H groups in total. The highest BCUT2D eigenvalue weighted by Crippen LogP contribution is 2.18. The van der Waals surface area contributed by atoms with E-state index >= 15 is 0 Å². The van der Waals surface area contributed by atoms with Gasteiger partial charge in [-0.3, -0.25) is 15.0 Å². The lowest BCUT2D eigenvalue weighted by Crippen LogP contribution is -2.28. The molecule has 0 aliphatic rings. The van der Waals surface area contributed by atoms with E-state index in [4.69, 9.17) is 5.11 Å². The Morgan fingerprint density at radius 3 is 2.68 bits per heavy atom. The lowest BCUT2D eigenvalue weighted by atomic mass is 10.1. The number of nitro benzene ring substituents is 1. The van der Waals surface area contributed by atoms with Gasteiger partial charge in [-0.2, -0.15) is 0 Å². The molecule has 1 aromatic carbocycles. The normalized spacial score (nSPS) is 10.9. The highest BCUT2D eigenvalue weighted by atomic mass is 19.1. The fourth-order valence-electron chi connectivity index (χ4n) is 1.81. The maximum atomic E-state index is 13.7. The molecule has 0 aliphatic carbocycles. The molecule has 0 saturated heterocycles. The van der Waals surface area contributed by atoms with E-state index < -0.39 is 10.7 Å². The third-order valence-corrected chi connectivity index (χ3v) is 2.89. The second-order valence-electron chi connectivity index (χ2n) is 4.39. The number of aliphatic hydroxyl groups is 1. The average molecular weight is 270 g/mol. The van der Waals surface area contributed by atoms with Crippen molar-refractivity contribution >= 4 is 5.69 Å². The molecule has 0 radical (unpaired) electrons. The smallest absolute Gasteiger partial charge is 0.272 e. The van der Waals surface area contributed by atoms with Crippen molar-refractivity contribution in [2.24, 2.45) is 0 Å². The molecule has 0 aliphatic heterocycles. The van der Waals surface area contributed by atoms with Crippen molar-refractivity contribution in [1.29, 1.82) is 0 Å². The van der Waals surface area contributed by atoms with Crippen LogP contribution in [0.5, 0.6) is 0 Å². The molecule has 0 aromatic heterocycles. The summed E-state index contributed by atoms with van der Waals surface area (Å²) in [5.41, 5.74) is 0.165. The van der Waals surface area contributed by atoms with Crippen molar-refractivity contribution < 1.29 is 14.4 Å². The second kappa shape index (κ2) is 7.81. The lowest BCUT2D eigenvalue weighted by Gasteiger charge is -2.21. The van der Waals surface area contributed by atoms with Gasteiger partial charge in [-0.1, -0.05) is 13.3 Å². The van der Waals surface area contributed by atoms with Crippen LogP contribution in [-0.4, -0.2) is 34.6 Å². The van der Waals surface area contributed by atoms with Gasteiger partial charge in [0.05, 0.1) is 17.6 Å². The summed E-state index contributed by atoms with van der Waals surface area (Å²) in [5, 5.41) is 19.5. The van der Waals surface area contributed by atoms with Crippen LogP contribution in [0, 0.1) is 15.9 Å². The van der Waals surface area contributed by atoms with Crippen LogP contribution >= 0.6 is 0 Å². The van der Waals surface area contributed by atoms with Gasteiger partial charge < -0.3 is 5.11 Å². The first kappa shape index (κ1) is 15.5. The van der Waals surface area contributed by atoms with Gasteiger partial charge in [-0.25, -0.2) is 4.39 Å². The predicted molar refractivity (Wildman–Crippen MR) is 70.3 cm³/mol. The predicted octanol–water partition coefficient (Wildman–Crippen LogP) is 2.33. The van der Waals surface area contributed by atoms with E-state index in [-0.39, 0.29) is 12.3 Å². The van der Waals surface area contributed by atoms with Crippen LogP contribution in [0.25, 0.3) is 0 Å². The van der Waals surface area contributed by atoms with Crippen LogP contribution in [0.15, 0.2) is 18.2 Å². The summed E-state index contributed by atoms with van der Waals surface area (Å²) >= 11 is 0. The number of hydrogen-bond acceptors (Lipinski definition) is 4. The molecule has 0 fully saturated rings. The number of non-ortho nitro benzene ring substituents is 1. The molecule has 5 nitrogen and oxygen atoms in total. The summed E-state index contributed by atoms with van der Waals surface area (Å²) in [6.07, 6.45) is 1.99. The van der Waals surface area contributed by atoms with Gasteiger partial charge in [-0.15, -0.1) is 0 Å². The van der Waals surface area contributed by atoms with Crippen LogP contribution in [0.2, 0.25) is 0 Å². The Hall–Kier alpha value is -1.53. The van der Waals surface area contributed by atoms with Gasteiger partial charge in [0, 0.05) is 24.7 Å². The van der Waals surface area contributed by atoms with Crippen molar-refractivity contribution in [2.75, 3.05) is 19.7 Å². The Kier molecular flexibility index (Phi) is 6.38. The molecule has 106 valence electrons. The first-order valence-electron chi connectivity index (χ1n) is 6.34. The third-order valence-electron chi connectivity index (χ3n) is 2.89. The Balaban J connectivity index is 2.75. The zero-order valence-corrected chi connectivity index (χ0v) is 11.0. The van der Waals surface area contributed by atoms with E-state index in [1.54, 1.807) is 0 Å². The van der Waals surface area contributed by atoms with E-state index in [0.717, 1.165) is 25.5 Å². The third kappa shape index (κ3) is 4.92. The average Bonchev–Trinajstić information content (AvgIpc) is 2.38. The molecule has 0 heterocycles. The highest BCUT2D eigenvalue weighted by Gasteiger charge is 2.13. The van der Waals surface area contributed by atoms with Gasteiger partial charge in [0.1, 0.15) is 5.82 Å². The first-order chi connectivity index (χ1) is 9.08. The monoisotopic (exact) mass is 270 g/mol. The van der Waals surface area contributed by atoms with Gasteiger partial charge >= 0.3 is 0 Å². The number of nitrogens with zero attached hydrogens (tertiary/aromatic N) is 2. The van der Waals surface area contributed by atoms with Crippen molar-refractivity contribution in [2.45, 2.75) is 26.3 Å². The Bertz CT molecular complexity index is 426. The topological polar surface area (TPSA) is 66.6 Å². The van der Waals surface area contributed by atoms with Crippen LogP contribution in [0.1, 0.15) is 25.3 Å². The Labute approximate surface area is 111 Å². The highest BCUT2D eigenvalue weighted by molar-refractivity contribution is 5.34. The summed E-state index contributed by atoms with van der Waals surface area (Å²) in [6.45, 7) is 3.66. The van der Waals surface area contributed by atoms with Crippen LogP contribution in [0.3, 0.4) is 0 Å². The maximum absolute atomic E-state index is 13.7. The molecule has 19 heavy (non-hydrogen) atoms. The van der Waals surface area contributed by atoms with Gasteiger partial charge in [0.25, 0.3) is 5.69 Å². The standard InChI is InChI=1S/C13H19FN2O3/c1-2-3-6-15(7-8-17)10-11-4-5-12(16(18)19)9-13(11)14/h4-5,9,17H,2-3,6-8,10H2,1H3. The zero-order valence-electron chi connectivity index (χ0n) is 11.0. The molecule has 0 spiro atoms. The van der Waals surface area contributed by atoms with Crippen molar-refractivity contribution in [3.8, 4) is 0 Å². The number of unbranched alkanes of at least 4 members (excludes halogenated alkanes) is 1. The SMILES string of the molecule is CCCCN(CCO)Cc1ccc([N+](=O)[O-])cc1F. The maximum Gasteiger partial charge on any atom is 0.272 e. The first-order valence-corrected chi connectivity index (χ1v) is 6.34. The van der Waals surface area contributed by atoms with E-state index in [1.165, 1.54) is 12.1 Å². The molecular weight excluding hydrogens is 251 g/mol. The fourth-order valence-corrected chi connectivity index (χ4v) is 1.81. The number of halogens is 1. The van der Waals surface area contributed by atoms with E-state index in [9.17, 15) is 14.5 Å². The molecule has 6 heteroatoms. The molecule has 0 amide bonds. The van der Waals surface area contributed by atoms with Crippen molar-refractivity contribution in [1.82, 2.24) is 4.90 Å². The molecule has 1 rings (SSSR count). The Morgan fingerprint density at radius 1 is 1.42 bits per heavy atom.